The van der Waals surface area contributed by atoms with Crippen LogP contribution in [0.5, 0.6) is 0 Å². The fourth-order valence-corrected chi connectivity index (χ4v) is 0.779. The first-order chi connectivity index (χ1) is 5.36. The molecular weight excluding hydrogens is 147 g/mol. The van der Waals surface area contributed by atoms with Crippen LogP contribution in [0.15, 0.2) is 10.6 Å². The lowest BCUT2D eigenvalue weighted by molar-refractivity contribution is 0.373. The molecule has 11 heavy (non-hydrogen) atoms. The Bertz CT molecular complexity index is 212. The smallest absolute Gasteiger partial charge is 0.194 e. The Morgan fingerprint density at radius 1 is 1.64 bits per heavy atom. The number of aryl methyl sites for hydroxylation is 1. The van der Waals surface area contributed by atoms with Gasteiger partial charge >= 0.3 is 0 Å². The van der Waals surface area contributed by atoms with Gasteiger partial charge in [0.25, 0.3) is 0 Å². The molecule has 0 atom stereocenters. The van der Waals surface area contributed by atoms with Crippen molar-refractivity contribution in [1.29, 1.82) is 0 Å². The summed E-state index contributed by atoms with van der Waals surface area (Å²) in [6.45, 7) is 0.0168. The largest absolute Gasteiger partial charge is 0.443 e. The fourth-order valence-electron chi connectivity index (χ4n) is 0.779. The summed E-state index contributed by atoms with van der Waals surface area (Å²) in [5.74, 6) is 0.861. The van der Waals surface area contributed by atoms with Gasteiger partial charge in [-0.25, -0.2) is 9.37 Å². The molecule has 1 aromatic rings. The van der Waals surface area contributed by atoms with Gasteiger partial charge in [-0.1, -0.05) is 0 Å². The zero-order valence-electron chi connectivity index (χ0n) is 6.22. The summed E-state index contributed by atoms with van der Waals surface area (Å²) in [5.41, 5.74) is 5.27. The lowest BCUT2D eigenvalue weighted by atomic mass is 10.3. The number of halogens is 1. The van der Waals surface area contributed by atoms with E-state index in [2.05, 4.69) is 4.98 Å². The van der Waals surface area contributed by atoms with Crippen LogP contribution in [0.1, 0.15) is 18.1 Å². The number of hydrogen-bond donors (Lipinski definition) is 1. The van der Waals surface area contributed by atoms with Crippen LogP contribution in [0, 0.1) is 0 Å². The standard InChI is InChI=1S/C7H11FN2O/c8-4-6-5-10-7(11-6)2-1-3-9/h5H,1-4,9H2. The second-order valence-corrected chi connectivity index (χ2v) is 2.25. The van der Waals surface area contributed by atoms with Crippen molar-refractivity contribution in [3.63, 3.8) is 0 Å². The quantitative estimate of drug-likeness (QED) is 0.712. The zero-order valence-corrected chi connectivity index (χ0v) is 6.22. The van der Waals surface area contributed by atoms with Crippen LogP contribution in [-0.2, 0) is 13.1 Å². The van der Waals surface area contributed by atoms with Crippen molar-refractivity contribution < 1.29 is 8.81 Å². The average molecular weight is 158 g/mol. The van der Waals surface area contributed by atoms with Crippen molar-refractivity contribution >= 4 is 0 Å². The molecule has 0 aliphatic heterocycles. The van der Waals surface area contributed by atoms with Crippen molar-refractivity contribution in [1.82, 2.24) is 4.98 Å². The van der Waals surface area contributed by atoms with Crippen LogP contribution in [0.25, 0.3) is 0 Å². The Labute approximate surface area is 64.4 Å². The zero-order chi connectivity index (χ0) is 8.10. The molecule has 3 nitrogen and oxygen atoms in total. The van der Waals surface area contributed by atoms with Gasteiger partial charge in [0.2, 0.25) is 0 Å². The van der Waals surface area contributed by atoms with E-state index in [-0.39, 0.29) is 5.76 Å². The van der Waals surface area contributed by atoms with E-state index >= 15 is 0 Å². The van der Waals surface area contributed by atoms with E-state index in [1.165, 1.54) is 6.20 Å². The summed E-state index contributed by atoms with van der Waals surface area (Å²) < 4.78 is 16.9. The molecule has 0 aliphatic carbocycles. The highest BCUT2D eigenvalue weighted by atomic mass is 19.1. The molecule has 0 aliphatic rings. The van der Waals surface area contributed by atoms with Gasteiger partial charge in [0.1, 0.15) is 6.67 Å². The highest BCUT2D eigenvalue weighted by Gasteiger charge is 2.01. The minimum Gasteiger partial charge on any atom is -0.443 e. The van der Waals surface area contributed by atoms with E-state index in [0.717, 1.165) is 6.42 Å². The molecule has 4 heteroatoms. The molecule has 1 heterocycles. The Balaban J connectivity index is 2.44. The first-order valence-corrected chi connectivity index (χ1v) is 3.56. The average Bonchev–Trinajstić information content (AvgIpc) is 2.48. The number of oxazole rings is 1. The molecule has 0 fully saturated rings. The monoisotopic (exact) mass is 158 g/mol. The predicted octanol–water partition coefficient (Wildman–Crippen LogP) is 1.04. The van der Waals surface area contributed by atoms with E-state index in [1.54, 1.807) is 0 Å². The molecule has 0 unspecified atom stereocenters. The second kappa shape index (κ2) is 4.08. The Morgan fingerprint density at radius 3 is 3.00 bits per heavy atom. The van der Waals surface area contributed by atoms with Crippen LogP contribution in [0.4, 0.5) is 4.39 Å². The molecule has 1 aromatic heterocycles. The molecule has 0 saturated carbocycles. The maximum Gasteiger partial charge on any atom is 0.194 e. The Kier molecular flexibility index (Phi) is 3.04. The molecule has 2 N–H and O–H groups in total. The van der Waals surface area contributed by atoms with Crippen molar-refractivity contribution in [3.05, 3.63) is 17.8 Å². The first-order valence-electron chi connectivity index (χ1n) is 3.56. The lowest BCUT2D eigenvalue weighted by Crippen LogP contribution is -2.00. The summed E-state index contributed by atoms with van der Waals surface area (Å²) >= 11 is 0. The van der Waals surface area contributed by atoms with Crippen LogP contribution in [0.3, 0.4) is 0 Å². The summed E-state index contributed by atoms with van der Waals surface area (Å²) in [5, 5.41) is 0. The lowest BCUT2D eigenvalue weighted by Gasteiger charge is -1.90. The molecule has 1 rings (SSSR count). The molecule has 0 bridgehead atoms. The molecule has 0 radical (unpaired) electrons. The van der Waals surface area contributed by atoms with Crippen LogP contribution >= 0.6 is 0 Å². The van der Waals surface area contributed by atoms with Gasteiger partial charge in [-0.05, 0) is 13.0 Å². The highest BCUT2D eigenvalue weighted by Crippen LogP contribution is 2.06. The number of alkyl halides is 1. The SMILES string of the molecule is NCCCc1ncc(CF)o1. The number of hydrogen-bond acceptors (Lipinski definition) is 3. The summed E-state index contributed by atoms with van der Waals surface area (Å²) in [6.07, 6.45) is 2.93. The third kappa shape index (κ3) is 2.31. The van der Waals surface area contributed by atoms with E-state index < -0.39 is 6.67 Å². The van der Waals surface area contributed by atoms with Crippen LogP contribution in [0.2, 0.25) is 0 Å². The van der Waals surface area contributed by atoms with Crippen LogP contribution < -0.4 is 5.73 Å². The molecular formula is C7H11FN2O. The summed E-state index contributed by atoms with van der Waals surface area (Å²) in [6, 6.07) is 0. The Hall–Kier alpha value is -0.900. The van der Waals surface area contributed by atoms with Gasteiger partial charge in [-0.3, -0.25) is 0 Å². The molecule has 62 valence electrons. The van der Waals surface area contributed by atoms with Gasteiger partial charge in [0, 0.05) is 6.42 Å². The maximum atomic E-state index is 11.9. The first kappa shape index (κ1) is 8.20. The number of nitrogens with zero attached hydrogens (tertiary/aromatic N) is 1. The van der Waals surface area contributed by atoms with Gasteiger partial charge in [-0.2, -0.15) is 0 Å². The van der Waals surface area contributed by atoms with Crippen molar-refractivity contribution in [2.75, 3.05) is 6.54 Å². The molecule has 0 spiro atoms. The second-order valence-electron chi connectivity index (χ2n) is 2.25. The van der Waals surface area contributed by atoms with E-state index in [9.17, 15) is 4.39 Å². The fraction of sp³-hybridized carbons (Fsp3) is 0.571. The van der Waals surface area contributed by atoms with Gasteiger partial charge in [-0.15, -0.1) is 0 Å². The van der Waals surface area contributed by atoms with Gasteiger partial charge in [0.05, 0.1) is 6.20 Å². The highest BCUT2D eigenvalue weighted by molar-refractivity contribution is 4.92. The minimum atomic E-state index is -0.588. The summed E-state index contributed by atoms with van der Waals surface area (Å²) in [4.78, 5) is 3.86. The van der Waals surface area contributed by atoms with E-state index in [4.69, 9.17) is 10.2 Å². The van der Waals surface area contributed by atoms with Gasteiger partial charge < -0.3 is 10.2 Å². The number of nitrogens with two attached hydrogens (primary N) is 1. The predicted molar refractivity (Wildman–Crippen MR) is 38.7 cm³/mol. The maximum absolute atomic E-state index is 11.9. The normalized spacial score (nSPS) is 10.4. The third-order valence-corrected chi connectivity index (χ3v) is 1.33. The minimum absolute atomic E-state index is 0.289. The van der Waals surface area contributed by atoms with Crippen molar-refractivity contribution in [3.8, 4) is 0 Å². The Morgan fingerprint density at radius 2 is 2.45 bits per heavy atom. The summed E-state index contributed by atoms with van der Waals surface area (Å²) in [7, 11) is 0. The topological polar surface area (TPSA) is 52.0 Å². The van der Waals surface area contributed by atoms with Crippen molar-refractivity contribution in [2.24, 2.45) is 5.73 Å². The molecule has 0 saturated heterocycles. The number of aromatic nitrogens is 1. The van der Waals surface area contributed by atoms with E-state index in [0.29, 0.717) is 18.9 Å². The van der Waals surface area contributed by atoms with E-state index in [1.807, 2.05) is 0 Å². The third-order valence-electron chi connectivity index (χ3n) is 1.33. The molecule has 0 amide bonds. The van der Waals surface area contributed by atoms with Crippen LogP contribution in [-0.4, -0.2) is 11.5 Å². The van der Waals surface area contributed by atoms with Gasteiger partial charge in [0.15, 0.2) is 11.7 Å². The molecule has 0 aromatic carbocycles. The number of rotatable bonds is 4. The van der Waals surface area contributed by atoms with Crippen molar-refractivity contribution in [2.45, 2.75) is 19.5 Å².